The highest BCUT2D eigenvalue weighted by atomic mass is 16.5. The van der Waals surface area contributed by atoms with E-state index in [1.165, 1.54) is 0 Å². The van der Waals surface area contributed by atoms with E-state index in [2.05, 4.69) is 15.2 Å². The molecule has 2 aromatic rings. The quantitative estimate of drug-likeness (QED) is 0.782. The molecule has 1 aliphatic heterocycles. The minimum atomic E-state index is 0.102. The molecule has 0 spiro atoms. The average molecular weight is 316 g/mol. The van der Waals surface area contributed by atoms with Gasteiger partial charge in [0, 0.05) is 32.6 Å². The van der Waals surface area contributed by atoms with Crippen molar-refractivity contribution in [1.82, 2.24) is 19.8 Å². The summed E-state index contributed by atoms with van der Waals surface area (Å²) in [5.74, 6) is 0.102. The van der Waals surface area contributed by atoms with E-state index < -0.39 is 0 Å². The zero-order valence-corrected chi connectivity index (χ0v) is 13.4. The first-order chi connectivity index (χ1) is 11.3. The van der Waals surface area contributed by atoms with Crippen LogP contribution in [0.5, 0.6) is 0 Å². The van der Waals surface area contributed by atoms with Crippen LogP contribution in [0.3, 0.4) is 0 Å². The molecule has 0 radical (unpaired) electrons. The molecule has 0 unspecified atom stereocenters. The number of benzene rings is 1. The minimum absolute atomic E-state index is 0.102. The Labute approximate surface area is 136 Å². The lowest BCUT2D eigenvalue weighted by molar-refractivity contribution is -0.121. The number of para-hydroxylation sites is 2. The van der Waals surface area contributed by atoms with Gasteiger partial charge in [-0.05, 0) is 25.1 Å². The first-order valence-electron chi connectivity index (χ1n) is 8.29. The van der Waals surface area contributed by atoms with Gasteiger partial charge in [0.1, 0.15) is 0 Å². The molecule has 6 heteroatoms. The molecular formula is C17H24N4O2. The fourth-order valence-corrected chi connectivity index (χ4v) is 2.85. The zero-order chi connectivity index (χ0) is 15.9. The van der Waals surface area contributed by atoms with Gasteiger partial charge in [-0.15, -0.1) is 0 Å². The number of imidazole rings is 1. The Balaban J connectivity index is 1.35. The van der Waals surface area contributed by atoms with E-state index in [1.54, 1.807) is 6.33 Å². The molecule has 1 amide bonds. The third-order valence-electron chi connectivity index (χ3n) is 4.18. The smallest absolute Gasteiger partial charge is 0.221 e. The van der Waals surface area contributed by atoms with Crippen molar-refractivity contribution < 1.29 is 9.53 Å². The number of fused-ring (bicyclic) bond motifs is 1. The van der Waals surface area contributed by atoms with Crippen LogP contribution in [-0.4, -0.2) is 59.8 Å². The predicted molar refractivity (Wildman–Crippen MR) is 89.2 cm³/mol. The van der Waals surface area contributed by atoms with Gasteiger partial charge in [0.15, 0.2) is 0 Å². The van der Waals surface area contributed by atoms with Gasteiger partial charge in [-0.1, -0.05) is 12.1 Å². The van der Waals surface area contributed by atoms with Crippen molar-refractivity contribution >= 4 is 16.9 Å². The van der Waals surface area contributed by atoms with Crippen LogP contribution in [-0.2, 0) is 16.1 Å². The van der Waals surface area contributed by atoms with Crippen LogP contribution < -0.4 is 5.32 Å². The van der Waals surface area contributed by atoms with Crippen molar-refractivity contribution in [2.45, 2.75) is 19.4 Å². The standard InChI is InChI=1S/C17H24N4O2/c22-17(18-7-3-8-20-10-12-23-13-11-20)6-9-21-14-19-15-4-1-2-5-16(15)21/h1-2,4-5,14H,3,6-13H2,(H,18,22). The summed E-state index contributed by atoms with van der Waals surface area (Å²) in [6, 6.07) is 7.98. The molecule has 23 heavy (non-hydrogen) atoms. The van der Waals surface area contributed by atoms with Crippen LogP contribution in [0.4, 0.5) is 0 Å². The summed E-state index contributed by atoms with van der Waals surface area (Å²) in [6.07, 6.45) is 3.27. The molecule has 2 heterocycles. The first-order valence-corrected chi connectivity index (χ1v) is 8.29. The maximum absolute atomic E-state index is 11.9. The van der Waals surface area contributed by atoms with Crippen molar-refractivity contribution in [3.8, 4) is 0 Å². The lowest BCUT2D eigenvalue weighted by Crippen LogP contribution is -2.38. The molecule has 124 valence electrons. The Morgan fingerprint density at radius 2 is 2.04 bits per heavy atom. The Morgan fingerprint density at radius 1 is 1.22 bits per heavy atom. The SMILES string of the molecule is O=C(CCn1cnc2ccccc21)NCCCN1CCOCC1. The largest absolute Gasteiger partial charge is 0.379 e. The maximum atomic E-state index is 11.9. The fraction of sp³-hybridized carbons (Fsp3) is 0.529. The Morgan fingerprint density at radius 3 is 2.91 bits per heavy atom. The predicted octanol–water partition coefficient (Wildman–Crippen LogP) is 1.26. The Hall–Kier alpha value is -1.92. The summed E-state index contributed by atoms with van der Waals surface area (Å²) >= 11 is 0. The summed E-state index contributed by atoms with van der Waals surface area (Å²) in [7, 11) is 0. The summed E-state index contributed by atoms with van der Waals surface area (Å²) in [5, 5.41) is 3.00. The van der Waals surface area contributed by atoms with E-state index in [0.717, 1.165) is 56.8 Å². The molecule has 3 rings (SSSR count). The van der Waals surface area contributed by atoms with Gasteiger partial charge in [0.2, 0.25) is 5.91 Å². The van der Waals surface area contributed by atoms with Gasteiger partial charge < -0.3 is 14.6 Å². The van der Waals surface area contributed by atoms with Crippen molar-refractivity contribution in [3.05, 3.63) is 30.6 Å². The monoisotopic (exact) mass is 316 g/mol. The van der Waals surface area contributed by atoms with Crippen LogP contribution in [0.25, 0.3) is 11.0 Å². The van der Waals surface area contributed by atoms with Crippen LogP contribution in [0.1, 0.15) is 12.8 Å². The molecular weight excluding hydrogens is 292 g/mol. The number of aryl methyl sites for hydroxylation is 1. The van der Waals surface area contributed by atoms with Crippen LogP contribution >= 0.6 is 0 Å². The molecule has 1 fully saturated rings. The van der Waals surface area contributed by atoms with E-state index in [1.807, 2.05) is 28.8 Å². The molecule has 6 nitrogen and oxygen atoms in total. The summed E-state index contributed by atoms with van der Waals surface area (Å²) in [6.45, 7) is 6.08. The van der Waals surface area contributed by atoms with Gasteiger partial charge >= 0.3 is 0 Å². The number of aromatic nitrogens is 2. The highest BCUT2D eigenvalue weighted by molar-refractivity contribution is 5.77. The molecule has 1 saturated heterocycles. The van der Waals surface area contributed by atoms with Crippen molar-refractivity contribution in [3.63, 3.8) is 0 Å². The van der Waals surface area contributed by atoms with Crippen molar-refractivity contribution in [2.75, 3.05) is 39.4 Å². The molecule has 0 saturated carbocycles. The zero-order valence-electron chi connectivity index (χ0n) is 13.4. The Bertz CT molecular complexity index is 634. The summed E-state index contributed by atoms with van der Waals surface area (Å²) < 4.78 is 7.35. The Kier molecular flexibility index (Phi) is 5.60. The van der Waals surface area contributed by atoms with E-state index in [4.69, 9.17) is 4.74 Å². The molecule has 0 atom stereocenters. The second-order valence-electron chi connectivity index (χ2n) is 5.83. The topological polar surface area (TPSA) is 59.4 Å². The highest BCUT2D eigenvalue weighted by Gasteiger charge is 2.09. The number of hydrogen-bond acceptors (Lipinski definition) is 4. The van der Waals surface area contributed by atoms with E-state index >= 15 is 0 Å². The normalized spacial score (nSPS) is 15.8. The minimum Gasteiger partial charge on any atom is -0.379 e. The van der Waals surface area contributed by atoms with Gasteiger partial charge in [0.05, 0.1) is 30.6 Å². The second-order valence-corrected chi connectivity index (χ2v) is 5.83. The van der Waals surface area contributed by atoms with Crippen LogP contribution in [0.2, 0.25) is 0 Å². The lowest BCUT2D eigenvalue weighted by atomic mass is 10.3. The number of morpholine rings is 1. The molecule has 1 aromatic carbocycles. The molecule has 1 aromatic heterocycles. The second kappa shape index (κ2) is 8.08. The summed E-state index contributed by atoms with van der Waals surface area (Å²) in [5.41, 5.74) is 2.05. The van der Waals surface area contributed by atoms with E-state index in [0.29, 0.717) is 13.0 Å². The van der Waals surface area contributed by atoms with Gasteiger partial charge in [0.25, 0.3) is 0 Å². The number of carbonyl (C=O) groups excluding carboxylic acids is 1. The maximum Gasteiger partial charge on any atom is 0.221 e. The molecule has 0 bridgehead atoms. The van der Waals surface area contributed by atoms with E-state index in [-0.39, 0.29) is 5.91 Å². The third-order valence-corrected chi connectivity index (χ3v) is 4.18. The first kappa shape index (κ1) is 16.0. The number of carbonyl (C=O) groups is 1. The van der Waals surface area contributed by atoms with Gasteiger partial charge in [-0.3, -0.25) is 9.69 Å². The lowest BCUT2D eigenvalue weighted by Gasteiger charge is -2.26. The molecule has 0 aliphatic carbocycles. The van der Waals surface area contributed by atoms with Gasteiger partial charge in [-0.25, -0.2) is 4.98 Å². The van der Waals surface area contributed by atoms with Crippen LogP contribution in [0.15, 0.2) is 30.6 Å². The van der Waals surface area contributed by atoms with Gasteiger partial charge in [-0.2, -0.15) is 0 Å². The number of nitrogens with zero attached hydrogens (tertiary/aromatic N) is 3. The van der Waals surface area contributed by atoms with E-state index in [9.17, 15) is 4.79 Å². The van der Waals surface area contributed by atoms with Crippen molar-refractivity contribution in [2.24, 2.45) is 0 Å². The fourth-order valence-electron chi connectivity index (χ4n) is 2.85. The average Bonchev–Trinajstić information content (AvgIpc) is 3.01. The molecule has 1 aliphatic rings. The molecule has 1 N–H and O–H groups in total. The third kappa shape index (κ3) is 4.53. The number of hydrogen-bond donors (Lipinski definition) is 1. The highest BCUT2D eigenvalue weighted by Crippen LogP contribution is 2.11. The summed E-state index contributed by atoms with van der Waals surface area (Å²) in [4.78, 5) is 18.7. The number of rotatable bonds is 7. The number of nitrogens with one attached hydrogen (secondary N) is 1. The number of amides is 1. The van der Waals surface area contributed by atoms with Crippen LogP contribution in [0, 0.1) is 0 Å². The van der Waals surface area contributed by atoms with Crippen molar-refractivity contribution in [1.29, 1.82) is 0 Å². The number of ether oxygens (including phenoxy) is 1.